The SMILES string of the molecule is CCC1=CC2=C(C#CC3C#CC4Cc5cccc(c5)CC2C2CCC5(Cc6cc(O)cc(OC)c6-c6ccc7c(c65)OC(c5c6c(c(O)c(c53)CNCC(CO)C4COC)OC3C(C=C6)NC4CCCC(CSSC3Cc3ccccc3)C4)C7COC(C)=O)C2)NC1N. The van der Waals surface area contributed by atoms with Gasteiger partial charge in [0.15, 0.2) is 11.5 Å². The molecule has 6 aliphatic heterocycles. The fraction of sp³-hybridized carbons (Fsp3) is 0.474. The molecule has 4 aliphatic carbocycles. The lowest BCUT2D eigenvalue weighted by atomic mass is 9.64. The van der Waals surface area contributed by atoms with Gasteiger partial charge in [-0.2, -0.15) is 0 Å². The number of methoxy groups -OCH3 is 2. The first-order chi connectivity index (χ1) is 45.4. The molecule has 15 unspecified atom stereocenters. The fourth-order valence-corrected chi connectivity index (χ4v) is 21.3. The summed E-state index contributed by atoms with van der Waals surface area (Å²) in [4.78, 5) is 13.5. The number of phenolic OH excluding ortho intramolecular Hbond substituents is 2. The second kappa shape index (κ2) is 26.1. The number of hydrogen-bond acceptors (Lipinski definition) is 15. The minimum absolute atomic E-state index is 0.00374. The van der Waals surface area contributed by atoms with Gasteiger partial charge in [0.25, 0.3) is 0 Å². The molecule has 0 radical (unpaired) electrons. The number of aliphatic hydroxyl groups excluding tert-OH is 1. The number of benzene rings is 5. The number of hydrogen-bond donors (Lipinski definition) is 7. The zero-order valence-electron chi connectivity index (χ0n) is 53.7. The molecule has 0 amide bonds. The molecule has 0 aromatic heterocycles. The molecule has 15 heteroatoms. The van der Waals surface area contributed by atoms with Crippen LogP contribution >= 0.6 is 21.6 Å². The molecular formula is C78H86N4O9S2. The fourth-order valence-electron chi connectivity index (χ4n) is 18.1. The van der Waals surface area contributed by atoms with Crippen molar-refractivity contribution in [3.63, 3.8) is 0 Å². The number of fused-ring (bicyclic) bond motifs is 14. The molecule has 10 aliphatic rings. The van der Waals surface area contributed by atoms with Gasteiger partial charge in [-0.25, -0.2) is 0 Å². The van der Waals surface area contributed by atoms with E-state index >= 15 is 0 Å². The van der Waals surface area contributed by atoms with Gasteiger partial charge < -0.3 is 60.7 Å². The Morgan fingerprint density at radius 1 is 0.935 bits per heavy atom. The smallest absolute Gasteiger partial charge is 0.302 e. The molecule has 5 aromatic rings. The van der Waals surface area contributed by atoms with Gasteiger partial charge in [0, 0.05) is 108 Å². The van der Waals surface area contributed by atoms with Crippen molar-refractivity contribution in [2.45, 2.75) is 150 Å². The molecule has 6 heterocycles. The van der Waals surface area contributed by atoms with E-state index in [0.717, 1.165) is 125 Å². The van der Waals surface area contributed by atoms with Crippen LogP contribution in [0.2, 0.25) is 0 Å². The van der Waals surface area contributed by atoms with Gasteiger partial charge in [-0.15, -0.1) is 0 Å². The third-order valence-electron chi connectivity index (χ3n) is 22.5. The largest absolute Gasteiger partial charge is 0.508 e. The van der Waals surface area contributed by atoms with Crippen LogP contribution in [0.15, 0.2) is 108 Å². The van der Waals surface area contributed by atoms with E-state index in [9.17, 15) is 20.1 Å². The van der Waals surface area contributed by atoms with E-state index in [-0.39, 0.29) is 78.2 Å². The number of dihydropyridines is 1. The molecule has 1 spiro atoms. The predicted molar refractivity (Wildman–Crippen MR) is 367 cm³/mol. The molecule has 5 aromatic carbocycles. The van der Waals surface area contributed by atoms with Crippen LogP contribution in [0.1, 0.15) is 139 Å². The topological polar surface area (TPSA) is 186 Å². The number of nitrogens with one attached hydrogen (secondary N) is 3. The molecule has 93 heavy (non-hydrogen) atoms. The normalized spacial score (nSPS) is 31.1. The van der Waals surface area contributed by atoms with E-state index in [1.807, 2.05) is 27.7 Å². The summed E-state index contributed by atoms with van der Waals surface area (Å²) < 4.78 is 34.7. The van der Waals surface area contributed by atoms with Gasteiger partial charge in [-0.05, 0) is 145 Å². The van der Waals surface area contributed by atoms with Crippen LogP contribution in [0.25, 0.3) is 17.2 Å². The van der Waals surface area contributed by atoms with E-state index in [1.165, 1.54) is 24.5 Å². The maximum absolute atomic E-state index is 14.0. The number of phenols is 2. The molecule has 484 valence electrons. The maximum atomic E-state index is 14.0. The Balaban J connectivity index is 1.06. The number of aliphatic hydroxyl groups is 1. The van der Waals surface area contributed by atoms with Crippen LogP contribution in [-0.4, -0.2) is 97.2 Å². The second-order valence-electron chi connectivity index (χ2n) is 28.0. The first-order valence-corrected chi connectivity index (χ1v) is 36.4. The Kier molecular flexibility index (Phi) is 17.5. The molecule has 3 fully saturated rings. The molecular weight excluding hydrogens is 1200 g/mol. The second-order valence-corrected chi connectivity index (χ2v) is 30.7. The summed E-state index contributed by atoms with van der Waals surface area (Å²) in [6.07, 6.45) is 15.5. The van der Waals surface area contributed by atoms with Crippen LogP contribution in [0.5, 0.6) is 28.7 Å². The highest BCUT2D eigenvalue weighted by atomic mass is 33.1. The minimum Gasteiger partial charge on any atom is -0.508 e. The zero-order valence-corrected chi connectivity index (χ0v) is 55.4. The van der Waals surface area contributed by atoms with E-state index in [1.54, 1.807) is 20.3 Å². The van der Waals surface area contributed by atoms with E-state index in [0.29, 0.717) is 60.1 Å². The average molecular weight is 1290 g/mol. The van der Waals surface area contributed by atoms with Crippen molar-refractivity contribution < 1.29 is 43.8 Å². The van der Waals surface area contributed by atoms with Crippen molar-refractivity contribution >= 4 is 33.6 Å². The summed E-state index contributed by atoms with van der Waals surface area (Å²) in [6, 6.07) is 27.8. The summed E-state index contributed by atoms with van der Waals surface area (Å²) in [5.41, 5.74) is 21.0. The average Bonchev–Trinajstić information content (AvgIpc) is 1.60. The monoisotopic (exact) mass is 1290 g/mol. The molecule has 1 saturated heterocycles. The highest BCUT2D eigenvalue weighted by molar-refractivity contribution is 8.77. The molecule has 13 nitrogen and oxygen atoms in total. The van der Waals surface area contributed by atoms with Crippen molar-refractivity contribution in [3.8, 4) is 63.6 Å². The van der Waals surface area contributed by atoms with Gasteiger partial charge in [-0.3, -0.25) is 4.79 Å². The molecule has 8 N–H and O–H groups in total. The Hall–Kier alpha value is -6.79. The van der Waals surface area contributed by atoms with Crippen LogP contribution in [0, 0.1) is 59.2 Å². The first kappa shape index (κ1) is 62.3. The number of aromatic hydroxyl groups is 2. The lowest BCUT2D eigenvalue weighted by Crippen LogP contribution is -2.52. The Morgan fingerprint density at radius 3 is 2.61 bits per heavy atom. The summed E-state index contributed by atoms with van der Waals surface area (Å²) >= 11 is 0. The Labute approximate surface area is 555 Å². The van der Waals surface area contributed by atoms with Crippen molar-refractivity contribution in [3.05, 3.63) is 163 Å². The number of carbonyl (C=O) groups is 1. The van der Waals surface area contributed by atoms with Crippen LogP contribution < -0.4 is 35.9 Å². The van der Waals surface area contributed by atoms with Gasteiger partial charge in [0.2, 0.25) is 0 Å². The van der Waals surface area contributed by atoms with Crippen molar-refractivity contribution in [1.29, 1.82) is 0 Å². The van der Waals surface area contributed by atoms with Gasteiger partial charge in [0.1, 0.15) is 42.0 Å². The third-order valence-corrected chi connectivity index (χ3v) is 25.5. The van der Waals surface area contributed by atoms with E-state index < -0.39 is 41.6 Å². The maximum Gasteiger partial charge on any atom is 0.302 e. The summed E-state index contributed by atoms with van der Waals surface area (Å²) in [6.45, 7) is 4.42. The lowest BCUT2D eigenvalue weighted by Gasteiger charge is -2.40. The molecule has 15 rings (SSSR count). The van der Waals surface area contributed by atoms with E-state index in [2.05, 4.69) is 132 Å². The van der Waals surface area contributed by atoms with Gasteiger partial charge >= 0.3 is 5.97 Å². The number of ether oxygens (including phenoxy) is 5. The van der Waals surface area contributed by atoms with E-state index in [4.69, 9.17) is 29.4 Å². The zero-order chi connectivity index (χ0) is 63.6. The Bertz CT molecular complexity index is 3980. The third kappa shape index (κ3) is 11.6. The molecule has 11 bridgehead atoms. The summed E-state index contributed by atoms with van der Waals surface area (Å²) in [5.74, 6) is 16.5. The number of esters is 1. The highest BCUT2D eigenvalue weighted by Gasteiger charge is 2.54. The standard InChI is InChI=1S/C78H86N4O9S2/c1-5-48-33-60-59-30-46-14-9-13-45(27-46)28-50-18-17-49(19-23-64(60)82-77(48)79)69-61(38-80-37-53(39-83)62(50)40-87-3)72(86)75-58(22-24-65-76(91-75)67(31-44-11-7-6-8-12-44)93-92-42-47-15-10-16-54(29-47)81-65)70(69)73-63(41-89-43(2)84)56-20-21-57-68-52(32-55(85)34-66(68)88-4)36-78(26-25-51(59)35-78)71(57)74(56)90-73/h6-9,11-14,20-22,24,27,32-34,47,49-51,53-54,59,62-63,65,67,73,76-77,80-83,85-86H,5,10,15-16,25-26,28-31,35-42,79H2,1-4H3. The molecule has 2 saturated carbocycles. The minimum atomic E-state index is -0.875. The summed E-state index contributed by atoms with van der Waals surface area (Å²) in [7, 11) is 7.25. The van der Waals surface area contributed by atoms with Gasteiger partial charge in [0.05, 0.1) is 42.8 Å². The van der Waals surface area contributed by atoms with Crippen molar-refractivity contribution in [1.82, 2.24) is 16.0 Å². The van der Waals surface area contributed by atoms with Crippen LogP contribution in [0.3, 0.4) is 0 Å². The number of carbonyl (C=O) groups excluding carboxylic acids is 1. The lowest BCUT2D eigenvalue weighted by molar-refractivity contribution is -0.141. The number of allylic oxidation sites excluding steroid dienone is 3. The summed E-state index contributed by atoms with van der Waals surface area (Å²) in [5, 5.41) is 48.9. The number of nitrogens with two attached hydrogens (primary N) is 1. The Morgan fingerprint density at radius 2 is 1.80 bits per heavy atom. The first-order valence-electron chi connectivity index (χ1n) is 34.0. The van der Waals surface area contributed by atoms with Crippen LogP contribution in [0.4, 0.5) is 0 Å². The predicted octanol–water partition coefficient (Wildman–Crippen LogP) is 12.0. The highest BCUT2D eigenvalue weighted by Crippen LogP contribution is 2.65. The van der Waals surface area contributed by atoms with Gasteiger partial charge in [-0.1, -0.05) is 138 Å². The number of rotatable bonds is 9. The van der Waals surface area contributed by atoms with Crippen molar-refractivity contribution in [2.75, 3.05) is 46.3 Å². The van der Waals surface area contributed by atoms with Crippen LogP contribution in [-0.2, 0) is 51.9 Å². The quantitative estimate of drug-likeness (QED) is 0.0420. The van der Waals surface area contributed by atoms with Crippen molar-refractivity contribution in [2.24, 2.45) is 41.2 Å². The molecule has 15 atom stereocenters.